The molecular formula is C14H13ClN4O5S. The van der Waals surface area contributed by atoms with Crippen LogP contribution in [0, 0.1) is 10.1 Å². The Morgan fingerprint density at radius 3 is 2.24 bits per heavy atom. The highest BCUT2D eigenvalue weighted by molar-refractivity contribution is 7.92. The molecule has 2 aromatic carbocycles. The molecule has 0 saturated carbocycles. The summed E-state index contributed by atoms with van der Waals surface area (Å²) in [4.78, 5) is 22.1. The van der Waals surface area contributed by atoms with Gasteiger partial charge in [0.2, 0.25) is 10.0 Å². The molecule has 9 nitrogen and oxygen atoms in total. The number of carbonyl (C=O) groups excluding carboxylic acids is 1. The van der Waals surface area contributed by atoms with Crippen LogP contribution in [-0.4, -0.2) is 25.6 Å². The molecule has 3 N–H and O–H groups in total. The van der Waals surface area contributed by atoms with Crippen molar-refractivity contribution in [3.63, 3.8) is 0 Å². The Hall–Kier alpha value is -2.85. The van der Waals surface area contributed by atoms with Gasteiger partial charge in [0.15, 0.2) is 0 Å². The average Bonchev–Trinajstić information content (AvgIpc) is 2.49. The Morgan fingerprint density at radius 2 is 1.68 bits per heavy atom. The molecule has 0 fully saturated rings. The second kappa shape index (κ2) is 7.36. The first kappa shape index (κ1) is 18.5. The Balaban J connectivity index is 2.05. The number of rotatable bonds is 5. The number of anilines is 3. The highest BCUT2D eigenvalue weighted by Crippen LogP contribution is 2.26. The average molecular weight is 385 g/mol. The number of nitrogens with one attached hydrogen (secondary N) is 3. The molecule has 0 aromatic heterocycles. The third-order valence-corrected chi connectivity index (χ3v) is 3.79. The van der Waals surface area contributed by atoms with E-state index in [1.54, 1.807) is 0 Å². The predicted molar refractivity (Wildman–Crippen MR) is 95.7 cm³/mol. The second-order valence-electron chi connectivity index (χ2n) is 4.95. The van der Waals surface area contributed by atoms with E-state index in [0.29, 0.717) is 11.4 Å². The Labute approximate surface area is 148 Å². The number of nitrogens with zero attached hydrogens (tertiary/aromatic N) is 1. The van der Waals surface area contributed by atoms with Crippen LogP contribution >= 0.6 is 11.6 Å². The maximum Gasteiger partial charge on any atom is 0.323 e. The molecule has 0 heterocycles. The van der Waals surface area contributed by atoms with Crippen LogP contribution in [0.15, 0.2) is 42.5 Å². The van der Waals surface area contributed by atoms with Gasteiger partial charge in [0, 0.05) is 23.5 Å². The van der Waals surface area contributed by atoms with Gasteiger partial charge in [-0.2, -0.15) is 0 Å². The van der Waals surface area contributed by atoms with Crippen LogP contribution in [-0.2, 0) is 10.0 Å². The van der Waals surface area contributed by atoms with Crippen LogP contribution in [0.25, 0.3) is 0 Å². The fourth-order valence-corrected chi connectivity index (χ4v) is 2.57. The van der Waals surface area contributed by atoms with Crippen LogP contribution < -0.4 is 15.4 Å². The molecular weight excluding hydrogens is 372 g/mol. The Morgan fingerprint density at radius 1 is 1.08 bits per heavy atom. The molecule has 2 rings (SSSR count). The zero-order valence-corrected chi connectivity index (χ0v) is 14.4. The molecule has 0 aliphatic rings. The lowest BCUT2D eigenvalue weighted by Gasteiger charge is -2.10. The van der Waals surface area contributed by atoms with Crippen molar-refractivity contribution in [1.29, 1.82) is 0 Å². The summed E-state index contributed by atoms with van der Waals surface area (Å²) in [5.41, 5.74) is 0.605. The van der Waals surface area contributed by atoms with Gasteiger partial charge in [0.1, 0.15) is 0 Å². The molecule has 11 heteroatoms. The highest BCUT2D eigenvalue weighted by atomic mass is 35.5. The number of sulfonamides is 1. The molecule has 0 unspecified atom stereocenters. The number of hydrogen-bond donors (Lipinski definition) is 3. The first-order chi connectivity index (χ1) is 11.6. The monoisotopic (exact) mass is 384 g/mol. The molecule has 0 bridgehead atoms. The van der Waals surface area contributed by atoms with Gasteiger partial charge < -0.3 is 10.6 Å². The quantitative estimate of drug-likeness (QED) is 0.538. The SMILES string of the molecule is CS(=O)(=O)Nc1ccc(NC(=O)Nc2cc([N+](=O)[O-])ccc2Cl)cc1. The van der Waals surface area contributed by atoms with E-state index in [4.69, 9.17) is 11.6 Å². The summed E-state index contributed by atoms with van der Waals surface area (Å²) in [7, 11) is -3.39. The highest BCUT2D eigenvalue weighted by Gasteiger charge is 2.12. The molecule has 0 spiro atoms. The van der Waals surface area contributed by atoms with Gasteiger partial charge in [-0.3, -0.25) is 14.8 Å². The number of nitro groups is 1. The first-order valence-electron chi connectivity index (χ1n) is 6.74. The minimum Gasteiger partial charge on any atom is -0.308 e. The van der Waals surface area contributed by atoms with E-state index in [-0.39, 0.29) is 16.4 Å². The molecule has 0 aliphatic heterocycles. The van der Waals surface area contributed by atoms with Gasteiger partial charge in [-0.15, -0.1) is 0 Å². The number of amides is 2. The van der Waals surface area contributed by atoms with Crippen LogP contribution in [0.4, 0.5) is 27.5 Å². The van der Waals surface area contributed by atoms with E-state index < -0.39 is 21.0 Å². The Bertz CT molecular complexity index is 915. The lowest BCUT2D eigenvalue weighted by molar-refractivity contribution is -0.384. The molecule has 0 aliphatic carbocycles. The standard InChI is InChI=1S/C14H13ClN4O5S/c1-25(23,24)18-10-4-2-9(3-5-10)16-14(20)17-13-8-11(19(21)22)6-7-12(13)15/h2-8,18H,1H3,(H2,16,17,20). The number of urea groups is 1. The maximum absolute atomic E-state index is 12.0. The van der Waals surface area contributed by atoms with E-state index in [1.807, 2.05) is 0 Å². The number of nitro benzene ring substituents is 1. The molecule has 2 amide bonds. The van der Waals surface area contributed by atoms with E-state index in [1.165, 1.54) is 36.4 Å². The zero-order chi connectivity index (χ0) is 18.6. The molecule has 0 saturated heterocycles. The van der Waals surface area contributed by atoms with Crippen LogP contribution in [0.2, 0.25) is 5.02 Å². The third-order valence-electron chi connectivity index (χ3n) is 2.85. The van der Waals surface area contributed by atoms with Gasteiger partial charge >= 0.3 is 6.03 Å². The van der Waals surface area contributed by atoms with Crippen molar-refractivity contribution in [2.45, 2.75) is 0 Å². The summed E-state index contributed by atoms with van der Waals surface area (Å²) in [5, 5.41) is 15.8. The fraction of sp³-hybridized carbons (Fsp3) is 0.0714. The van der Waals surface area contributed by atoms with Crippen LogP contribution in [0.5, 0.6) is 0 Å². The van der Waals surface area contributed by atoms with Crippen molar-refractivity contribution >= 4 is 50.4 Å². The third kappa shape index (κ3) is 5.62. The van der Waals surface area contributed by atoms with E-state index >= 15 is 0 Å². The second-order valence-corrected chi connectivity index (χ2v) is 7.11. The minimum atomic E-state index is -3.39. The van der Waals surface area contributed by atoms with Crippen molar-refractivity contribution in [2.75, 3.05) is 21.6 Å². The van der Waals surface area contributed by atoms with Crippen molar-refractivity contribution < 1.29 is 18.1 Å². The maximum atomic E-state index is 12.0. The fourth-order valence-electron chi connectivity index (χ4n) is 1.84. The summed E-state index contributed by atoms with van der Waals surface area (Å²) in [6.07, 6.45) is 1.02. The summed E-state index contributed by atoms with van der Waals surface area (Å²) < 4.78 is 24.5. The molecule has 0 radical (unpaired) electrons. The van der Waals surface area contributed by atoms with Crippen LogP contribution in [0.1, 0.15) is 0 Å². The van der Waals surface area contributed by atoms with Gasteiger partial charge in [-0.05, 0) is 30.3 Å². The summed E-state index contributed by atoms with van der Waals surface area (Å²) in [6.45, 7) is 0. The lowest BCUT2D eigenvalue weighted by atomic mass is 10.2. The van der Waals surface area contributed by atoms with E-state index in [9.17, 15) is 23.3 Å². The molecule has 132 valence electrons. The largest absolute Gasteiger partial charge is 0.323 e. The zero-order valence-electron chi connectivity index (χ0n) is 12.8. The topological polar surface area (TPSA) is 130 Å². The number of hydrogen-bond acceptors (Lipinski definition) is 5. The molecule has 2 aromatic rings. The summed E-state index contributed by atoms with van der Waals surface area (Å²) in [5.74, 6) is 0. The minimum absolute atomic E-state index is 0.0868. The smallest absolute Gasteiger partial charge is 0.308 e. The summed E-state index contributed by atoms with van der Waals surface area (Å²) >= 11 is 5.90. The summed E-state index contributed by atoms with van der Waals surface area (Å²) in [6, 6.07) is 8.92. The van der Waals surface area contributed by atoms with Crippen molar-refractivity contribution in [2.24, 2.45) is 0 Å². The number of halogens is 1. The van der Waals surface area contributed by atoms with Crippen molar-refractivity contribution in [3.05, 3.63) is 57.6 Å². The van der Waals surface area contributed by atoms with Gasteiger partial charge in [-0.25, -0.2) is 13.2 Å². The van der Waals surface area contributed by atoms with Gasteiger partial charge in [0.05, 0.1) is 21.9 Å². The number of benzene rings is 2. The van der Waals surface area contributed by atoms with Crippen molar-refractivity contribution in [1.82, 2.24) is 0 Å². The van der Waals surface area contributed by atoms with Gasteiger partial charge in [0.25, 0.3) is 5.69 Å². The first-order valence-corrected chi connectivity index (χ1v) is 9.01. The normalized spacial score (nSPS) is 10.8. The molecule has 0 atom stereocenters. The molecule has 25 heavy (non-hydrogen) atoms. The number of non-ortho nitro benzene ring substituents is 1. The lowest BCUT2D eigenvalue weighted by Crippen LogP contribution is -2.19. The van der Waals surface area contributed by atoms with E-state index in [2.05, 4.69) is 15.4 Å². The van der Waals surface area contributed by atoms with Gasteiger partial charge in [-0.1, -0.05) is 11.6 Å². The predicted octanol–water partition coefficient (Wildman–Crippen LogP) is 3.26. The number of carbonyl (C=O) groups is 1. The van der Waals surface area contributed by atoms with E-state index in [0.717, 1.165) is 12.3 Å². The Kier molecular flexibility index (Phi) is 5.45. The van der Waals surface area contributed by atoms with Crippen LogP contribution in [0.3, 0.4) is 0 Å². The van der Waals surface area contributed by atoms with Crippen molar-refractivity contribution in [3.8, 4) is 0 Å².